The van der Waals surface area contributed by atoms with Crippen LogP contribution in [-0.4, -0.2) is 26.2 Å². The predicted octanol–water partition coefficient (Wildman–Crippen LogP) is 3.83. The third-order valence-electron chi connectivity index (χ3n) is 4.52. The summed E-state index contributed by atoms with van der Waals surface area (Å²) < 4.78 is 1.87. The SMILES string of the molecule is CC(Cc1ccccc1)=NNC(=O)Cn1c(-c2ccccn2)nc2ccccc21. The number of hydrazone groups is 1. The summed E-state index contributed by atoms with van der Waals surface area (Å²) in [5, 5.41) is 4.25. The summed E-state index contributed by atoms with van der Waals surface area (Å²) in [6.45, 7) is 2.01. The van der Waals surface area contributed by atoms with Crippen LogP contribution < -0.4 is 5.43 Å². The van der Waals surface area contributed by atoms with Gasteiger partial charge in [0.1, 0.15) is 12.2 Å². The van der Waals surface area contributed by atoms with Gasteiger partial charge in [0.25, 0.3) is 5.91 Å². The van der Waals surface area contributed by atoms with Crippen molar-refractivity contribution in [1.29, 1.82) is 0 Å². The second-order valence-electron chi connectivity index (χ2n) is 6.77. The van der Waals surface area contributed by atoms with Gasteiger partial charge in [-0.15, -0.1) is 0 Å². The second-order valence-corrected chi connectivity index (χ2v) is 6.77. The molecule has 2 heterocycles. The van der Waals surface area contributed by atoms with E-state index in [0.29, 0.717) is 12.2 Å². The number of para-hydroxylation sites is 2. The Morgan fingerprint density at radius 2 is 1.76 bits per heavy atom. The Bertz CT molecular complexity index is 1150. The lowest BCUT2D eigenvalue weighted by Gasteiger charge is -2.08. The number of nitrogens with zero attached hydrogens (tertiary/aromatic N) is 4. The van der Waals surface area contributed by atoms with Gasteiger partial charge in [-0.05, 0) is 36.8 Å². The topological polar surface area (TPSA) is 72.2 Å². The van der Waals surface area contributed by atoms with Crippen molar-refractivity contribution >= 4 is 22.7 Å². The van der Waals surface area contributed by atoms with Crippen molar-refractivity contribution in [2.24, 2.45) is 5.10 Å². The summed E-state index contributed by atoms with van der Waals surface area (Å²) in [6, 6.07) is 23.4. The normalized spacial score (nSPS) is 11.6. The predicted molar refractivity (Wildman–Crippen MR) is 114 cm³/mol. The molecule has 0 unspecified atom stereocenters. The zero-order valence-electron chi connectivity index (χ0n) is 16.1. The minimum Gasteiger partial charge on any atom is -0.313 e. The third-order valence-corrected chi connectivity index (χ3v) is 4.52. The van der Waals surface area contributed by atoms with Crippen LogP contribution in [0.1, 0.15) is 12.5 Å². The molecule has 2 aromatic carbocycles. The van der Waals surface area contributed by atoms with Crippen molar-refractivity contribution < 1.29 is 4.79 Å². The van der Waals surface area contributed by atoms with Gasteiger partial charge in [-0.1, -0.05) is 48.5 Å². The number of nitrogens with one attached hydrogen (secondary N) is 1. The van der Waals surface area contributed by atoms with E-state index in [2.05, 4.69) is 20.5 Å². The van der Waals surface area contributed by atoms with Gasteiger partial charge in [0.2, 0.25) is 0 Å². The molecular weight excluding hydrogens is 362 g/mol. The number of carbonyl (C=O) groups excluding carboxylic acids is 1. The molecule has 6 nitrogen and oxygen atoms in total. The third kappa shape index (κ3) is 4.38. The summed E-state index contributed by atoms with van der Waals surface area (Å²) in [4.78, 5) is 21.7. The van der Waals surface area contributed by atoms with Crippen LogP contribution in [0.3, 0.4) is 0 Å². The fourth-order valence-electron chi connectivity index (χ4n) is 3.19. The van der Waals surface area contributed by atoms with E-state index in [9.17, 15) is 4.79 Å². The van der Waals surface area contributed by atoms with E-state index in [0.717, 1.165) is 28.0 Å². The van der Waals surface area contributed by atoms with Crippen LogP contribution in [0.2, 0.25) is 0 Å². The van der Waals surface area contributed by atoms with E-state index in [4.69, 9.17) is 0 Å². The van der Waals surface area contributed by atoms with Gasteiger partial charge in [0.15, 0.2) is 5.82 Å². The maximum Gasteiger partial charge on any atom is 0.260 e. The Hall–Kier alpha value is -3.80. The summed E-state index contributed by atoms with van der Waals surface area (Å²) in [5.74, 6) is 0.449. The van der Waals surface area contributed by atoms with Gasteiger partial charge >= 0.3 is 0 Å². The van der Waals surface area contributed by atoms with Crippen LogP contribution in [0.25, 0.3) is 22.6 Å². The maximum absolute atomic E-state index is 12.6. The highest BCUT2D eigenvalue weighted by Gasteiger charge is 2.15. The zero-order chi connectivity index (χ0) is 20.1. The Kier molecular flexibility index (Phi) is 5.42. The molecule has 0 saturated heterocycles. The highest BCUT2D eigenvalue weighted by atomic mass is 16.2. The van der Waals surface area contributed by atoms with Crippen molar-refractivity contribution in [2.45, 2.75) is 19.9 Å². The molecule has 0 aliphatic rings. The number of amides is 1. The number of pyridine rings is 1. The number of fused-ring (bicyclic) bond motifs is 1. The first-order valence-electron chi connectivity index (χ1n) is 9.43. The standard InChI is InChI=1S/C23H21N5O/c1-17(15-18-9-3-2-4-10-18)26-27-22(29)16-28-21-13-6-5-11-19(21)25-23(28)20-12-7-8-14-24-20/h2-14H,15-16H2,1H3,(H,27,29). The summed E-state index contributed by atoms with van der Waals surface area (Å²) in [7, 11) is 0. The number of aromatic nitrogens is 3. The van der Waals surface area contributed by atoms with E-state index < -0.39 is 0 Å². The lowest BCUT2D eigenvalue weighted by molar-refractivity contribution is -0.121. The number of rotatable bonds is 6. The molecule has 144 valence electrons. The van der Waals surface area contributed by atoms with Crippen LogP contribution in [0.5, 0.6) is 0 Å². The minimum atomic E-state index is -0.210. The van der Waals surface area contributed by atoms with Crippen LogP contribution >= 0.6 is 0 Å². The van der Waals surface area contributed by atoms with Gasteiger partial charge < -0.3 is 4.57 Å². The molecule has 0 atom stereocenters. The van der Waals surface area contributed by atoms with Crippen LogP contribution in [0.15, 0.2) is 84.1 Å². The van der Waals surface area contributed by atoms with Crippen LogP contribution in [0, 0.1) is 0 Å². The van der Waals surface area contributed by atoms with Crippen LogP contribution in [-0.2, 0) is 17.8 Å². The first-order chi connectivity index (χ1) is 14.2. The average Bonchev–Trinajstić information content (AvgIpc) is 3.12. The first-order valence-corrected chi connectivity index (χ1v) is 9.43. The molecule has 0 fully saturated rings. The minimum absolute atomic E-state index is 0.106. The average molecular weight is 383 g/mol. The van der Waals surface area contributed by atoms with Gasteiger partial charge in [0, 0.05) is 18.3 Å². The molecule has 0 aliphatic carbocycles. The molecule has 0 spiro atoms. The van der Waals surface area contributed by atoms with Gasteiger partial charge in [-0.25, -0.2) is 10.4 Å². The number of imidazole rings is 1. The molecule has 0 saturated carbocycles. The Morgan fingerprint density at radius 3 is 2.55 bits per heavy atom. The molecule has 4 aromatic rings. The molecule has 0 radical (unpaired) electrons. The summed E-state index contributed by atoms with van der Waals surface area (Å²) in [5.41, 5.74) is 7.08. The fraction of sp³-hybridized carbons (Fsp3) is 0.130. The van der Waals surface area contributed by atoms with Gasteiger partial charge in [0.05, 0.1) is 11.0 Å². The molecule has 0 bridgehead atoms. The maximum atomic E-state index is 12.6. The van der Waals surface area contributed by atoms with E-state index >= 15 is 0 Å². The number of carbonyl (C=O) groups is 1. The smallest absolute Gasteiger partial charge is 0.260 e. The molecule has 2 aromatic heterocycles. The number of hydrogen-bond acceptors (Lipinski definition) is 4. The number of hydrogen-bond donors (Lipinski definition) is 1. The molecule has 1 amide bonds. The van der Waals surface area contributed by atoms with Crippen molar-refractivity contribution in [3.63, 3.8) is 0 Å². The van der Waals surface area contributed by atoms with Crippen molar-refractivity contribution in [2.75, 3.05) is 0 Å². The summed E-state index contributed by atoms with van der Waals surface area (Å²) in [6.07, 6.45) is 2.41. The molecule has 1 N–H and O–H groups in total. The zero-order valence-corrected chi connectivity index (χ0v) is 16.1. The van der Waals surface area contributed by atoms with E-state index in [1.54, 1.807) is 6.20 Å². The Balaban J connectivity index is 1.54. The lowest BCUT2D eigenvalue weighted by atomic mass is 10.1. The highest BCUT2D eigenvalue weighted by molar-refractivity contribution is 5.87. The molecule has 6 heteroatoms. The monoisotopic (exact) mass is 383 g/mol. The van der Waals surface area contributed by atoms with E-state index in [1.165, 1.54) is 0 Å². The van der Waals surface area contributed by atoms with E-state index in [1.807, 2.05) is 84.3 Å². The number of benzene rings is 2. The largest absolute Gasteiger partial charge is 0.313 e. The van der Waals surface area contributed by atoms with Gasteiger partial charge in [-0.2, -0.15) is 5.10 Å². The molecule has 0 aliphatic heterocycles. The molecule has 4 rings (SSSR count). The van der Waals surface area contributed by atoms with E-state index in [-0.39, 0.29) is 12.5 Å². The second kappa shape index (κ2) is 8.48. The summed E-state index contributed by atoms with van der Waals surface area (Å²) >= 11 is 0. The lowest BCUT2D eigenvalue weighted by Crippen LogP contribution is -2.24. The Labute approximate surface area is 168 Å². The Morgan fingerprint density at radius 1 is 1.00 bits per heavy atom. The molecular formula is C23H21N5O. The quantitative estimate of drug-likeness (QED) is 0.406. The fourth-order valence-corrected chi connectivity index (χ4v) is 3.19. The van der Waals surface area contributed by atoms with Crippen molar-refractivity contribution in [3.05, 3.63) is 84.6 Å². The molecule has 29 heavy (non-hydrogen) atoms. The van der Waals surface area contributed by atoms with Gasteiger partial charge in [-0.3, -0.25) is 9.78 Å². The van der Waals surface area contributed by atoms with Crippen LogP contribution in [0.4, 0.5) is 0 Å². The van der Waals surface area contributed by atoms with Crippen molar-refractivity contribution in [1.82, 2.24) is 20.0 Å². The highest BCUT2D eigenvalue weighted by Crippen LogP contribution is 2.23. The first kappa shape index (κ1) is 18.6. The van der Waals surface area contributed by atoms with Crippen molar-refractivity contribution in [3.8, 4) is 11.5 Å².